The molecule has 0 radical (unpaired) electrons. The van der Waals surface area contributed by atoms with Gasteiger partial charge in [-0.05, 0) is 57.0 Å². The van der Waals surface area contributed by atoms with Gasteiger partial charge < -0.3 is 16.0 Å². The van der Waals surface area contributed by atoms with Gasteiger partial charge in [0.1, 0.15) is 0 Å². The topological polar surface area (TPSA) is 58.4 Å². The van der Waals surface area contributed by atoms with Gasteiger partial charge in [0.15, 0.2) is 0 Å². The van der Waals surface area contributed by atoms with E-state index in [2.05, 4.69) is 10.2 Å². The highest BCUT2D eigenvalue weighted by Gasteiger charge is 2.36. The van der Waals surface area contributed by atoms with Gasteiger partial charge in [-0.15, -0.1) is 0 Å². The molecule has 1 spiro atoms. The van der Waals surface area contributed by atoms with Crippen LogP contribution in [0.15, 0.2) is 0 Å². The van der Waals surface area contributed by atoms with E-state index in [4.69, 9.17) is 5.73 Å². The number of nitrogens with one attached hydrogen (secondary N) is 1. The molecule has 0 bridgehead atoms. The largest absolute Gasteiger partial charge is 0.368 e. The Kier molecular flexibility index (Phi) is 4.32. The summed E-state index contributed by atoms with van der Waals surface area (Å²) in [5.74, 6) is -0.185. The fourth-order valence-corrected chi connectivity index (χ4v) is 4.03. The number of piperidine rings is 1. The van der Waals surface area contributed by atoms with Crippen molar-refractivity contribution in [1.29, 1.82) is 0 Å². The maximum atomic E-state index is 11.6. The molecule has 1 heterocycles. The van der Waals surface area contributed by atoms with Gasteiger partial charge in [0.25, 0.3) is 0 Å². The highest BCUT2D eigenvalue weighted by atomic mass is 16.1. The number of likely N-dealkylation sites (tertiary alicyclic amines) is 1. The number of amides is 1. The fraction of sp³-hybridized carbons (Fsp3) is 0.938. The first-order valence-electron chi connectivity index (χ1n) is 8.45. The molecular formula is C16H29N3O. The van der Waals surface area contributed by atoms with Crippen LogP contribution in [0.3, 0.4) is 0 Å². The number of hydrogen-bond acceptors (Lipinski definition) is 3. The van der Waals surface area contributed by atoms with Crippen LogP contribution in [0.25, 0.3) is 0 Å². The van der Waals surface area contributed by atoms with Crippen molar-refractivity contribution in [3.05, 3.63) is 0 Å². The highest BCUT2D eigenvalue weighted by Crippen LogP contribution is 2.44. The third-order valence-corrected chi connectivity index (χ3v) is 5.63. The van der Waals surface area contributed by atoms with E-state index >= 15 is 0 Å². The predicted molar refractivity (Wildman–Crippen MR) is 80.3 cm³/mol. The summed E-state index contributed by atoms with van der Waals surface area (Å²) >= 11 is 0. The van der Waals surface area contributed by atoms with Crippen LogP contribution in [0.2, 0.25) is 0 Å². The van der Waals surface area contributed by atoms with Gasteiger partial charge in [-0.3, -0.25) is 4.79 Å². The molecule has 1 aliphatic heterocycles. The van der Waals surface area contributed by atoms with E-state index in [9.17, 15) is 4.79 Å². The maximum Gasteiger partial charge on any atom is 0.235 e. The molecule has 3 fully saturated rings. The van der Waals surface area contributed by atoms with Crippen LogP contribution in [0.1, 0.15) is 57.8 Å². The number of carbonyl (C=O) groups is 1. The quantitative estimate of drug-likeness (QED) is 0.804. The van der Waals surface area contributed by atoms with Gasteiger partial charge in [-0.25, -0.2) is 0 Å². The van der Waals surface area contributed by atoms with Crippen LogP contribution < -0.4 is 11.1 Å². The van der Waals surface area contributed by atoms with Crippen LogP contribution in [-0.2, 0) is 4.79 Å². The Morgan fingerprint density at radius 1 is 1.15 bits per heavy atom. The third kappa shape index (κ3) is 3.53. The lowest BCUT2D eigenvalue weighted by atomic mass is 9.68. The fourth-order valence-electron chi connectivity index (χ4n) is 4.03. The Morgan fingerprint density at radius 3 is 2.35 bits per heavy atom. The normalized spacial score (nSPS) is 28.4. The predicted octanol–water partition coefficient (Wildman–Crippen LogP) is 1.64. The van der Waals surface area contributed by atoms with Gasteiger partial charge in [-0.1, -0.05) is 19.3 Å². The molecule has 0 aromatic rings. The average Bonchev–Trinajstić information content (AvgIpc) is 3.26. The Hall–Kier alpha value is -0.610. The molecule has 1 amide bonds. The summed E-state index contributed by atoms with van der Waals surface area (Å²) in [4.78, 5) is 14.0. The lowest BCUT2D eigenvalue weighted by molar-refractivity contribution is -0.120. The van der Waals surface area contributed by atoms with E-state index < -0.39 is 0 Å². The van der Waals surface area contributed by atoms with Crippen LogP contribution >= 0.6 is 0 Å². The number of hydrogen-bond donors (Lipinski definition) is 2. The second kappa shape index (κ2) is 6.02. The molecule has 3 rings (SSSR count). The van der Waals surface area contributed by atoms with Crippen molar-refractivity contribution in [2.45, 2.75) is 69.9 Å². The van der Waals surface area contributed by atoms with Gasteiger partial charge in [0.05, 0.1) is 6.04 Å². The molecule has 1 saturated heterocycles. The minimum Gasteiger partial charge on any atom is -0.368 e. The molecule has 20 heavy (non-hydrogen) atoms. The lowest BCUT2D eigenvalue weighted by Gasteiger charge is -2.44. The zero-order valence-corrected chi connectivity index (χ0v) is 12.6. The summed E-state index contributed by atoms with van der Waals surface area (Å²) in [7, 11) is 0. The molecule has 0 aromatic heterocycles. The van der Waals surface area contributed by atoms with Crippen molar-refractivity contribution in [3.63, 3.8) is 0 Å². The Balaban J connectivity index is 1.48. The van der Waals surface area contributed by atoms with E-state index in [1.807, 2.05) is 0 Å². The molecule has 4 nitrogen and oxygen atoms in total. The van der Waals surface area contributed by atoms with E-state index in [1.165, 1.54) is 57.8 Å². The summed E-state index contributed by atoms with van der Waals surface area (Å²) in [5, 5.41) is 3.39. The second-order valence-corrected chi connectivity index (χ2v) is 7.26. The highest BCUT2D eigenvalue weighted by molar-refractivity contribution is 5.80. The van der Waals surface area contributed by atoms with Gasteiger partial charge in [0, 0.05) is 12.6 Å². The number of carbonyl (C=O) groups excluding carboxylic acids is 1. The first kappa shape index (κ1) is 14.3. The molecule has 4 heteroatoms. The van der Waals surface area contributed by atoms with E-state index in [0.29, 0.717) is 11.5 Å². The Labute approximate surface area is 122 Å². The minimum absolute atomic E-state index is 0.150. The van der Waals surface area contributed by atoms with Crippen molar-refractivity contribution < 1.29 is 4.79 Å². The van der Waals surface area contributed by atoms with Gasteiger partial charge in [-0.2, -0.15) is 0 Å². The summed E-state index contributed by atoms with van der Waals surface area (Å²) in [6.45, 7) is 3.11. The average molecular weight is 279 g/mol. The smallest absolute Gasteiger partial charge is 0.235 e. The summed E-state index contributed by atoms with van der Waals surface area (Å²) in [5.41, 5.74) is 6.18. The summed E-state index contributed by atoms with van der Waals surface area (Å²) < 4.78 is 0. The Bertz CT molecular complexity index is 338. The zero-order chi connectivity index (χ0) is 14.0. The van der Waals surface area contributed by atoms with Gasteiger partial charge in [0.2, 0.25) is 5.91 Å². The standard InChI is InChI=1S/C16H29N3O/c17-15(20)14(18-13-4-5-13)12-19-10-8-16(9-11-19)6-2-1-3-7-16/h13-14,18H,1-12H2,(H2,17,20). The number of nitrogens with two attached hydrogens (primary N) is 1. The second-order valence-electron chi connectivity index (χ2n) is 7.26. The van der Waals surface area contributed by atoms with E-state index in [0.717, 1.165) is 19.6 Å². The van der Waals surface area contributed by atoms with Crippen LogP contribution in [0, 0.1) is 5.41 Å². The maximum absolute atomic E-state index is 11.6. The van der Waals surface area contributed by atoms with Crippen molar-refractivity contribution >= 4 is 5.91 Å². The molecule has 3 N–H and O–H groups in total. The molecule has 2 aliphatic carbocycles. The van der Waals surface area contributed by atoms with Gasteiger partial charge >= 0.3 is 0 Å². The molecule has 0 aromatic carbocycles. The van der Waals surface area contributed by atoms with Crippen molar-refractivity contribution in [3.8, 4) is 0 Å². The molecule has 2 saturated carbocycles. The number of rotatable bonds is 5. The van der Waals surface area contributed by atoms with E-state index in [-0.39, 0.29) is 11.9 Å². The van der Waals surface area contributed by atoms with Crippen molar-refractivity contribution in [2.24, 2.45) is 11.1 Å². The summed E-state index contributed by atoms with van der Waals surface area (Å²) in [6.07, 6.45) is 12.2. The van der Waals surface area contributed by atoms with Crippen molar-refractivity contribution in [1.82, 2.24) is 10.2 Å². The first-order valence-corrected chi connectivity index (χ1v) is 8.45. The molecule has 114 valence electrons. The SMILES string of the molecule is NC(=O)C(CN1CCC2(CCCCC2)CC1)NC1CC1. The molecule has 1 atom stereocenters. The summed E-state index contributed by atoms with van der Waals surface area (Å²) in [6, 6.07) is 0.393. The van der Waals surface area contributed by atoms with Crippen LogP contribution in [0.5, 0.6) is 0 Å². The molecular weight excluding hydrogens is 250 g/mol. The number of primary amides is 1. The van der Waals surface area contributed by atoms with E-state index in [1.54, 1.807) is 0 Å². The zero-order valence-electron chi connectivity index (χ0n) is 12.6. The van der Waals surface area contributed by atoms with Crippen LogP contribution in [-0.4, -0.2) is 42.5 Å². The lowest BCUT2D eigenvalue weighted by Crippen LogP contribution is -2.52. The monoisotopic (exact) mass is 279 g/mol. The number of nitrogens with zero attached hydrogens (tertiary/aromatic N) is 1. The minimum atomic E-state index is -0.185. The molecule has 1 unspecified atom stereocenters. The Morgan fingerprint density at radius 2 is 1.80 bits per heavy atom. The van der Waals surface area contributed by atoms with Crippen LogP contribution in [0.4, 0.5) is 0 Å². The molecule has 3 aliphatic rings. The first-order chi connectivity index (χ1) is 9.67. The van der Waals surface area contributed by atoms with Crippen molar-refractivity contribution in [2.75, 3.05) is 19.6 Å². The third-order valence-electron chi connectivity index (χ3n) is 5.63.